The molecule has 2 aromatic heterocycles. The standard InChI is InChI=1S/C27H32Cl2N6O2/c1-15-25-26(35(32-15)16(2)22-6-5-20(28)10-23(22)29)31-24(11-30-25)34-13-19(14-34)17-4-3-7-33(12-17)21-8-18(9-21)27(36)37/h5-6,10-11,16-19,21H,3-4,7-9,12-14H2,1-2H3,(H,36,37)/t16-,17+,18-,21+/m1/s1. The highest BCUT2D eigenvalue weighted by Crippen LogP contribution is 2.38. The van der Waals surface area contributed by atoms with Crippen molar-refractivity contribution in [1.82, 2.24) is 24.6 Å². The molecule has 1 aromatic carbocycles. The molecule has 3 aliphatic rings. The molecule has 0 amide bonds. The van der Waals surface area contributed by atoms with Crippen LogP contribution in [0, 0.1) is 24.7 Å². The largest absolute Gasteiger partial charge is 0.481 e. The van der Waals surface area contributed by atoms with Gasteiger partial charge in [0, 0.05) is 35.7 Å². The minimum absolute atomic E-state index is 0.116. The van der Waals surface area contributed by atoms with Crippen molar-refractivity contribution in [3.05, 3.63) is 45.7 Å². The van der Waals surface area contributed by atoms with Gasteiger partial charge in [0.25, 0.3) is 0 Å². The topological polar surface area (TPSA) is 87.4 Å². The Morgan fingerprint density at radius 3 is 2.68 bits per heavy atom. The molecule has 2 atom stereocenters. The lowest BCUT2D eigenvalue weighted by molar-refractivity contribution is -0.147. The number of likely N-dealkylation sites (tertiary alicyclic amines) is 1. The molecule has 0 radical (unpaired) electrons. The number of rotatable bonds is 6. The van der Waals surface area contributed by atoms with Gasteiger partial charge in [-0.3, -0.25) is 4.79 Å². The summed E-state index contributed by atoms with van der Waals surface area (Å²) in [4.78, 5) is 25.8. The van der Waals surface area contributed by atoms with Gasteiger partial charge in [-0.2, -0.15) is 5.10 Å². The fourth-order valence-electron chi connectivity index (χ4n) is 6.28. The molecule has 1 N–H and O–H groups in total. The SMILES string of the molecule is Cc1nn([C@H](C)c2ccc(Cl)cc2Cl)c2nc(N3CC([C@H]4CCCN([C@H]5C[C@@H](C(=O)O)C5)C4)C3)cnc12. The minimum Gasteiger partial charge on any atom is -0.481 e. The summed E-state index contributed by atoms with van der Waals surface area (Å²) in [5.74, 6) is 1.39. The quantitative estimate of drug-likeness (QED) is 0.465. The molecule has 2 saturated heterocycles. The van der Waals surface area contributed by atoms with E-state index in [1.807, 2.05) is 29.9 Å². The number of aliphatic carboxylic acids is 1. The molecule has 0 unspecified atom stereocenters. The van der Waals surface area contributed by atoms with Gasteiger partial charge >= 0.3 is 5.97 Å². The highest BCUT2D eigenvalue weighted by Gasteiger charge is 2.42. The second-order valence-corrected chi connectivity index (χ2v) is 11.8. The average Bonchev–Trinajstić information content (AvgIpc) is 3.13. The van der Waals surface area contributed by atoms with Crippen molar-refractivity contribution in [2.24, 2.45) is 17.8 Å². The third-order valence-corrected chi connectivity index (χ3v) is 9.27. The summed E-state index contributed by atoms with van der Waals surface area (Å²) >= 11 is 12.6. The number of halogens is 2. The summed E-state index contributed by atoms with van der Waals surface area (Å²) in [6.45, 7) is 8.17. The first-order valence-corrected chi connectivity index (χ1v) is 13.9. The molecule has 37 heavy (non-hydrogen) atoms. The van der Waals surface area contributed by atoms with E-state index in [0.29, 0.717) is 27.9 Å². The zero-order valence-electron chi connectivity index (χ0n) is 21.1. The number of carbonyl (C=O) groups is 1. The number of piperidine rings is 1. The molecule has 2 aliphatic heterocycles. The first-order chi connectivity index (χ1) is 17.8. The van der Waals surface area contributed by atoms with Crippen molar-refractivity contribution in [1.29, 1.82) is 0 Å². The lowest BCUT2D eigenvalue weighted by Crippen LogP contribution is -2.56. The van der Waals surface area contributed by atoms with Gasteiger partial charge in [0.05, 0.1) is 23.9 Å². The van der Waals surface area contributed by atoms with Gasteiger partial charge in [0.1, 0.15) is 11.3 Å². The van der Waals surface area contributed by atoms with Gasteiger partial charge in [-0.05, 0) is 75.6 Å². The van der Waals surface area contributed by atoms with Crippen molar-refractivity contribution in [2.45, 2.75) is 51.6 Å². The molecule has 1 aliphatic carbocycles. The molecule has 0 spiro atoms. The normalized spacial score (nSPS) is 25.6. The fourth-order valence-corrected chi connectivity index (χ4v) is 6.84. The summed E-state index contributed by atoms with van der Waals surface area (Å²) in [7, 11) is 0. The maximum absolute atomic E-state index is 11.2. The van der Waals surface area contributed by atoms with E-state index in [1.54, 1.807) is 6.07 Å². The van der Waals surface area contributed by atoms with Gasteiger partial charge in [-0.25, -0.2) is 14.6 Å². The van der Waals surface area contributed by atoms with Crippen LogP contribution in [0.4, 0.5) is 5.82 Å². The number of nitrogens with zero attached hydrogens (tertiary/aromatic N) is 6. The van der Waals surface area contributed by atoms with E-state index >= 15 is 0 Å². The highest BCUT2D eigenvalue weighted by atomic mass is 35.5. The Kier molecular flexibility index (Phi) is 6.53. The van der Waals surface area contributed by atoms with Crippen LogP contribution in [0.5, 0.6) is 0 Å². The number of hydrogen-bond acceptors (Lipinski definition) is 6. The molecule has 1 saturated carbocycles. The maximum atomic E-state index is 11.2. The van der Waals surface area contributed by atoms with E-state index < -0.39 is 5.97 Å². The lowest BCUT2D eigenvalue weighted by Gasteiger charge is -2.50. The summed E-state index contributed by atoms with van der Waals surface area (Å²) in [5.41, 5.74) is 3.35. The summed E-state index contributed by atoms with van der Waals surface area (Å²) in [6, 6.07) is 5.88. The van der Waals surface area contributed by atoms with Crippen LogP contribution < -0.4 is 4.90 Å². The molecular weight excluding hydrogens is 511 g/mol. The van der Waals surface area contributed by atoms with Gasteiger partial charge in [0.2, 0.25) is 0 Å². The summed E-state index contributed by atoms with van der Waals surface area (Å²) in [5, 5.41) is 15.2. The van der Waals surface area contributed by atoms with Crippen LogP contribution in [0.2, 0.25) is 10.0 Å². The van der Waals surface area contributed by atoms with Crippen LogP contribution in [-0.2, 0) is 4.79 Å². The number of hydrogen-bond donors (Lipinski definition) is 1. The third-order valence-electron chi connectivity index (χ3n) is 8.71. The first-order valence-electron chi connectivity index (χ1n) is 13.2. The zero-order chi connectivity index (χ0) is 25.8. The van der Waals surface area contributed by atoms with Gasteiger partial charge in [-0.1, -0.05) is 29.3 Å². The maximum Gasteiger partial charge on any atom is 0.306 e. The Balaban J connectivity index is 1.14. The van der Waals surface area contributed by atoms with Gasteiger partial charge in [-0.15, -0.1) is 0 Å². The van der Waals surface area contributed by atoms with Crippen LogP contribution >= 0.6 is 23.2 Å². The van der Waals surface area contributed by atoms with Gasteiger partial charge in [0.15, 0.2) is 5.65 Å². The van der Waals surface area contributed by atoms with E-state index in [4.69, 9.17) is 38.3 Å². The van der Waals surface area contributed by atoms with E-state index in [0.717, 1.165) is 67.3 Å². The average molecular weight is 543 g/mol. The Labute approximate surface area is 226 Å². The third kappa shape index (κ3) is 4.57. The molecular formula is C27H32Cl2N6O2. The van der Waals surface area contributed by atoms with Crippen molar-refractivity contribution in [3.63, 3.8) is 0 Å². The molecule has 196 valence electrons. The van der Waals surface area contributed by atoms with E-state index in [1.165, 1.54) is 12.8 Å². The smallest absolute Gasteiger partial charge is 0.306 e. The second kappa shape index (κ2) is 9.71. The zero-order valence-corrected chi connectivity index (χ0v) is 22.7. The molecule has 0 bridgehead atoms. The number of fused-ring (bicyclic) bond motifs is 1. The molecule has 3 fully saturated rings. The van der Waals surface area contributed by atoms with Crippen molar-refractivity contribution < 1.29 is 9.90 Å². The van der Waals surface area contributed by atoms with Crippen molar-refractivity contribution in [2.75, 3.05) is 31.1 Å². The predicted molar refractivity (Wildman–Crippen MR) is 144 cm³/mol. The van der Waals surface area contributed by atoms with Crippen molar-refractivity contribution in [3.8, 4) is 0 Å². The molecule has 3 aromatic rings. The van der Waals surface area contributed by atoms with Crippen molar-refractivity contribution >= 4 is 46.2 Å². The first kappa shape index (κ1) is 24.9. The van der Waals surface area contributed by atoms with Crippen LogP contribution in [-0.4, -0.2) is 67.9 Å². The van der Waals surface area contributed by atoms with Crippen LogP contribution in [0.1, 0.15) is 49.9 Å². The number of carboxylic acid groups (broad SMARTS) is 1. The lowest BCUT2D eigenvalue weighted by atomic mass is 9.76. The number of aromatic nitrogens is 4. The number of carboxylic acids is 1. The highest BCUT2D eigenvalue weighted by molar-refractivity contribution is 6.35. The predicted octanol–water partition coefficient (Wildman–Crippen LogP) is 5.06. The van der Waals surface area contributed by atoms with Gasteiger partial charge < -0.3 is 14.9 Å². The molecule has 10 heteroatoms. The second-order valence-electron chi connectivity index (χ2n) is 11.0. The number of anilines is 1. The number of aryl methyl sites for hydroxylation is 1. The fraction of sp³-hybridized carbons (Fsp3) is 0.556. The molecule has 6 rings (SSSR count). The molecule has 4 heterocycles. The Hall–Kier alpha value is -2.42. The summed E-state index contributed by atoms with van der Waals surface area (Å²) < 4.78 is 1.91. The van der Waals surface area contributed by atoms with Crippen LogP contribution in [0.3, 0.4) is 0 Å². The molecule has 8 nitrogen and oxygen atoms in total. The Bertz CT molecular complexity index is 1330. The Morgan fingerprint density at radius 1 is 1.16 bits per heavy atom. The van der Waals surface area contributed by atoms with E-state index in [-0.39, 0.29) is 12.0 Å². The number of benzene rings is 1. The van der Waals surface area contributed by atoms with Crippen LogP contribution in [0.15, 0.2) is 24.4 Å². The monoisotopic (exact) mass is 542 g/mol. The minimum atomic E-state index is -0.639. The van der Waals surface area contributed by atoms with E-state index in [2.05, 4.69) is 16.7 Å². The van der Waals surface area contributed by atoms with E-state index in [9.17, 15) is 9.90 Å². The summed E-state index contributed by atoms with van der Waals surface area (Å²) in [6.07, 6.45) is 5.93. The Morgan fingerprint density at radius 2 is 1.95 bits per heavy atom. The van der Waals surface area contributed by atoms with Crippen LogP contribution in [0.25, 0.3) is 11.2 Å².